The maximum Gasteiger partial charge on any atom is 0.504 e. The summed E-state index contributed by atoms with van der Waals surface area (Å²) in [5.41, 5.74) is 2.44. The second-order valence-corrected chi connectivity index (χ2v) is 6.94. The molecule has 3 heterocycles. The molecule has 4 aromatic rings. The molecule has 0 spiro atoms. The van der Waals surface area contributed by atoms with Crippen LogP contribution in [0.15, 0.2) is 55.1 Å². The van der Waals surface area contributed by atoms with Crippen LogP contribution in [0.3, 0.4) is 0 Å². The summed E-state index contributed by atoms with van der Waals surface area (Å²) in [5, 5.41) is 3.26. The number of rotatable bonds is 3. The number of cyclic esters (lactones) is 1. The molecule has 0 radical (unpaired) electrons. The molecular weight excluding hydrogens is 418 g/mol. The van der Waals surface area contributed by atoms with E-state index in [1.807, 2.05) is 0 Å². The average molecular weight is 431 g/mol. The maximum absolute atomic E-state index is 15.0. The summed E-state index contributed by atoms with van der Waals surface area (Å²) in [6.45, 7) is -0.0673. The predicted molar refractivity (Wildman–Crippen MR) is 102 cm³/mol. The Morgan fingerprint density at radius 1 is 1.13 bits per heavy atom. The molecule has 158 valence electrons. The molecule has 1 aliphatic rings. The van der Waals surface area contributed by atoms with Crippen LogP contribution in [0.1, 0.15) is 11.6 Å². The van der Waals surface area contributed by atoms with E-state index >= 15 is 0 Å². The quantitative estimate of drug-likeness (QED) is 0.476. The molecule has 1 saturated heterocycles. The molecule has 1 amide bonds. The van der Waals surface area contributed by atoms with E-state index in [1.54, 1.807) is 18.2 Å². The first kappa shape index (κ1) is 19.1. The zero-order valence-electron chi connectivity index (χ0n) is 15.6. The van der Waals surface area contributed by atoms with Gasteiger partial charge in [-0.1, -0.05) is 12.1 Å². The molecule has 11 heteroatoms. The molecule has 1 unspecified atom stereocenters. The topological polar surface area (TPSA) is 76.0 Å². The van der Waals surface area contributed by atoms with Gasteiger partial charge in [-0.05, 0) is 29.8 Å². The smallest absolute Gasteiger partial charge is 0.447 e. The van der Waals surface area contributed by atoms with Gasteiger partial charge < -0.3 is 9.72 Å². The van der Waals surface area contributed by atoms with Gasteiger partial charge in [0.15, 0.2) is 0 Å². The largest absolute Gasteiger partial charge is 0.504 e. The lowest BCUT2D eigenvalue weighted by atomic mass is 10.0. The summed E-state index contributed by atoms with van der Waals surface area (Å²) in [6.07, 6.45) is -1.97. The molecule has 2 aromatic heterocycles. The summed E-state index contributed by atoms with van der Waals surface area (Å²) >= 11 is 0. The Kier molecular flexibility index (Phi) is 4.20. The second kappa shape index (κ2) is 6.83. The zero-order valence-corrected chi connectivity index (χ0v) is 15.6. The van der Waals surface area contributed by atoms with E-state index in [-0.39, 0.29) is 28.0 Å². The number of aromatic nitrogens is 4. The number of halogens is 4. The number of hydrogen-bond acceptors (Lipinski definition) is 4. The van der Waals surface area contributed by atoms with Gasteiger partial charge in [0.05, 0.1) is 29.2 Å². The highest BCUT2D eigenvalue weighted by Crippen LogP contribution is 2.36. The van der Waals surface area contributed by atoms with Crippen LogP contribution in [0, 0.1) is 5.82 Å². The van der Waals surface area contributed by atoms with Crippen molar-refractivity contribution < 1.29 is 27.1 Å². The molecule has 0 aliphatic carbocycles. The Morgan fingerprint density at radius 2 is 1.97 bits per heavy atom. The first-order valence-corrected chi connectivity index (χ1v) is 9.12. The van der Waals surface area contributed by atoms with E-state index in [4.69, 9.17) is 4.74 Å². The summed E-state index contributed by atoms with van der Waals surface area (Å²) in [6, 6.07) is 8.41. The molecule has 1 N–H and O–H groups in total. The fourth-order valence-corrected chi connectivity index (χ4v) is 3.60. The van der Waals surface area contributed by atoms with Gasteiger partial charge in [0, 0.05) is 17.3 Å². The van der Waals surface area contributed by atoms with Gasteiger partial charge in [0.1, 0.15) is 18.5 Å². The van der Waals surface area contributed by atoms with Crippen molar-refractivity contribution in [3.63, 3.8) is 0 Å². The average Bonchev–Trinajstić information content (AvgIpc) is 3.46. The first-order chi connectivity index (χ1) is 14.8. The number of hydrogen-bond donors (Lipinski definition) is 1. The summed E-state index contributed by atoms with van der Waals surface area (Å²) in [5.74, 6) is -0.673. The number of nitrogens with one attached hydrogen (secondary N) is 1. The van der Waals surface area contributed by atoms with Crippen molar-refractivity contribution in [2.45, 2.75) is 12.3 Å². The second-order valence-electron chi connectivity index (χ2n) is 6.94. The van der Waals surface area contributed by atoms with Crippen LogP contribution in [-0.2, 0) is 11.0 Å². The zero-order chi connectivity index (χ0) is 21.8. The Balaban J connectivity index is 1.48. The van der Waals surface area contributed by atoms with Crippen molar-refractivity contribution >= 4 is 22.8 Å². The minimum atomic E-state index is -4.66. The van der Waals surface area contributed by atoms with Gasteiger partial charge in [0.25, 0.3) is 0 Å². The van der Waals surface area contributed by atoms with Crippen LogP contribution in [0.2, 0.25) is 0 Å². The molecule has 7 nitrogen and oxygen atoms in total. The Labute approximate surface area is 171 Å². The van der Waals surface area contributed by atoms with Gasteiger partial charge >= 0.3 is 12.4 Å². The van der Waals surface area contributed by atoms with Crippen LogP contribution in [0.4, 0.5) is 28.0 Å². The van der Waals surface area contributed by atoms with Crippen LogP contribution in [-0.4, -0.2) is 32.4 Å². The molecular formula is C20H13F4N5O2. The number of carbonyl (C=O) groups excluding carboxylic acids is 1. The SMILES string of the molecule is O=C1OCC(c2ccc(-c3cnn(C(F)(F)F)c3)cc2F)N1c1ccc2nc[nH]c2c1. The summed E-state index contributed by atoms with van der Waals surface area (Å²) < 4.78 is 58.2. The number of nitrogens with zero attached hydrogens (tertiary/aromatic N) is 4. The lowest BCUT2D eigenvalue weighted by Gasteiger charge is -2.22. The number of benzene rings is 2. The number of aromatic amines is 1. The third-order valence-electron chi connectivity index (χ3n) is 5.09. The number of carbonyl (C=O) groups is 1. The molecule has 0 bridgehead atoms. The van der Waals surface area contributed by atoms with E-state index in [0.717, 1.165) is 18.5 Å². The molecule has 1 fully saturated rings. The van der Waals surface area contributed by atoms with Crippen molar-refractivity contribution in [2.75, 3.05) is 11.5 Å². The van der Waals surface area contributed by atoms with E-state index in [0.29, 0.717) is 16.7 Å². The highest BCUT2D eigenvalue weighted by atomic mass is 19.4. The number of fused-ring (bicyclic) bond motifs is 1. The van der Waals surface area contributed by atoms with E-state index in [2.05, 4.69) is 15.1 Å². The van der Waals surface area contributed by atoms with Crippen molar-refractivity contribution in [3.05, 3.63) is 66.5 Å². The van der Waals surface area contributed by atoms with Gasteiger partial charge in [-0.25, -0.2) is 14.2 Å². The molecule has 0 saturated carbocycles. The van der Waals surface area contributed by atoms with Gasteiger partial charge in [-0.2, -0.15) is 9.78 Å². The molecule has 1 atom stereocenters. The Bertz CT molecular complexity index is 1300. The molecule has 2 aromatic carbocycles. The Morgan fingerprint density at radius 3 is 2.71 bits per heavy atom. The summed E-state index contributed by atoms with van der Waals surface area (Å²) in [7, 11) is 0. The van der Waals surface area contributed by atoms with Crippen LogP contribution in [0.5, 0.6) is 0 Å². The minimum Gasteiger partial charge on any atom is -0.447 e. The van der Waals surface area contributed by atoms with Crippen LogP contribution < -0.4 is 4.90 Å². The molecule has 1 aliphatic heterocycles. The normalized spacial score (nSPS) is 16.8. The summed E-state index contributed by atoms with van der Waals surface area (Å²) in [4.78, 5) is 20.8. The monoisotopic (exact) mass is 431 g/mol. The van der Waals surface area contributed by atoms with Crippen LogP contribution in [0.25, 0.3) is 22.2 Å². The molecule has 5 rings (SSSR count). The van der Waals surface area contributed by atoms with Gasteiger partial charge in [0.2, 0.25) is 0 Å². The minimum absolute atomic E-state index is 0.0673. The number of alkyl halides is 3. The third-order valence-corrected chi connectivity index (χ3v) is 5.09. The van der Waals surface area contributed by atoms with Crippen LogP contribution >= 0.6 is 0 Å². The number of imidazole rings is 1. The predicted octanol–water partition coefficient (Wildman–Crippen LogP) is 4.74. The van der Waals surface area contributed by atoms with Gasteiger partial charge in [-0.3, -0.25) is 4.90 Å². The van der Waals surface area contributed by atoms with E-state index in [9.17, 15) is 22.4 Å². The number of ether oxygens (including phenoxy) is 1. The maximum atomic E-state index is 15.0. The first-order valence-electron chi connectivity index (χ1n) is 9.12. The number of anilines is 1. The highest BCUT2D eigenvalue weighted by molar-refractivity contribution is 5.93. The Hall–Kier alpha value is -3.89. The third kappa shape index (κ3) is 3.27. The van der Waals surface area contributed by atoms with Crippen molar-refractivity contribution in [3.8, 4) is 11.1 Å². The van der Waals surface area contributed by atoms with Gasteiger partial charge in [-0.15, -0.1) is 13.2 Å². The lowest BCUT2D eigenvalue weighted by Crippen LogP contribution is -2.27. The standard InChI is InChI=1S/C20H13F4N5O2/c21-15-5-11(12-7-27-28(8-12)20(22,23)24)1-3-14(15)18-9-31-19(30)29(18)13-2-4-16-17(6-13)26-10-25-16/h1-8,10,18H,9H2,(H,25,26). The highest BCUT2D eigenvalue weighted by Gasteiger charge is 2.37. The number of amides is 1. The van der Waals surface area contributed by atoms with Crippen molar-refractivity contribution in [1.29, 1.82) is 0 Å². The fraction of sp³-hybridized carbons (Fsp3) is 0.150. The van der Waals surface area contributed by atoms with E-state index < -0.39 is 24.3 Å². The van der Waals surface area contributed by atoms with E-state index in [1.165, 1.54) is 23.4 Å². The van der Waals surface area contributed by atoms with Crippen molar-refractivity contribution in [2.24, 2.45) is 0 Å². The lowest BCUT2D eigenvalue weighted by molar-refractivity contribution is -0.212. The van der Waals surface area contributed by atoms with Crippen molar-refractivity contribution in [1.82, 2.24) is 19.7 Å². The number of H-pyrrole nitrogens is 1. The molecule has 31 heavy (non-hydrogen) atoms. The fourth-order valence-electron chi connectivity index (χ4n) is 3.60.